The fraction of sp³-hybridized carbons (Fsp3) is 1.00. The van der Waals surface area contributed by atoms with Crippen molar-refractivity contribution in [2.45, 2.75) is 66.5 Å². The van der Waals surface area contributed by atoms with Crippen LogP contribution in [0.1, 0.15) is 54.4 Å². The van der Waals surface area contributed by atoms with Gasteiger partial charge in [0.25, 0.3) is 0 Å². The predicted molar refractivity (Wildman–Crippen MR) is 74.0 cm³/mol. The first-order valence-electron chi connectivity index (χ1n) is 7.14. The normalized spacial score (nSPS) is 15.8. The molecule has 16 heavy (non-hydrogen) atoms. The van der Waals surface area contributed by atoms with Gasteiger partial charge in [-0.1, -0.05) is 41.0 Å². The first-order valence-corrected chi connectivity index (χ1v) is 7.14. The Kier molecular flexibility index (Phi) is 8.96. The highest BCUT2D eigenvalue weighted by molar-refractivity contribution is 4.82. The second-order valence-electron chi connectivity index (χ2n) is 4.54. The Labute approximate surface area is 103 Å². The Hall–Kier alpha value is -0.0800. The summed E-state index contributed by atoms with van der Waals surface area (Å²) >= 11 is 0. The molecule has 0 aromatic heterocycles. The molecule has 0 N–H and O–H groups in total. The molecule has 0 heterocycles. The summed E-state index contributed by atoms with van der Waals surface area (Å²) in [6.07, 6.45) is 2.60. The minimum absolute atomic E-state index is 0.676. The number of nitrogens with zero attached hydrogens (tertiary/aromatic N) is 2. The second kappa shape index (κ2) is 9.00. The van der Waals surface area contributed by atoms with Gasteiger partial charge in [0.05, 0.1) is 0 Å². The van der Waals surface area contributed by atoms with Crippen LogP contribution in [0.5, 0.6) is 0 Å². The highest BCUT2D eigenvalue weighted by Crippen LogP contribution is 2.16. The zero-order chi connectivity index (χ0) is 12.6. The van der Waals surface area contributed by atoms with E-state index in [-0.39, 0.29) is 0 Å². The standard InChI is InChI=1S/C14H32N2/c1-7-12-14(16(10-4)11-5)13(6)15(8-2)9-3/h13-14H,7-12H2,1-6H3. The average Bonchev–Trinajstić information content (AvgIpc) is 2.30. The Balaban J connectivity index is 4.60. The molecule has 0 fully saturated rings. The lowest BCUT2D eigenvalue weighted by Gasteiger charge is -2.39. The van der Waals surface area contributed by atoms with Gasteiger partial charge in [-0.15, -0.1) is 0 Å². The summed E-state index contributed by atoms with van der Waals surface area (Å²) in [5.74, 6) is 0. The van der Waals surface area contributed by atoms with E-state index in [0.717, 1.165) is 6.04 Å². The van der Waals surface area contributed by atoms with Gasteiger partial charge in [0.15, 0.2) is 0 Å². The summed E-state index contributed by atoms with van der Waals surface area (Å²) in [6.45, 7) is 18.5. The summed E-state index contributed by atoms with van der Waals surface area (Å²) in [5, 5.41) is 0. The van der Waals surface area contributed by atoms with Gasteiger partial charge < -0.3 is 0 Å². The van der Waals surface area contributed by atoms with Crippen LogP contribution in [0.4, 0.5) is 0 Å². The van der Waals surface area contributed by atoms with Crippen LogP contribution >= 0.6 is 0 Å². The third-order valence-electron chi connectivity index (χ3n) is 3.81. The van der Waals surface area contributed by atoms with E-state index in [1.54, 1.807) is 0 Å². The molecule has 2 nitrogen and oxygen atoms in total. The van der Waals surface area contributed by atoms with Crippen molar-refractivity contribution in [1.82, 2.24) is 9.80 Å². The summed E-state index contributed by atoms with van der Waals surface area (Å²) in [6, 6.07) is 1.40. The fourth-order valence-electron chi connectivity index (χ4n) is 2.76. The number of rotatable bonds is 9. The van der Waals surface area contributed by atoms with E-state index in [4.69, 9.17) is 0 Å². The molecule has 98 valence electrons. The third-order valence-corrected chi connectivity index (χ3v) is 3.81. The van der Waals surface area contributed by atoms with Gasteiger partial charge in [-0.3, -0.25) is 9.80 Å². The number of hydrogen-bond acceptors (Lipinski definition) is 2. The van der Waals surface area contributed by atoms with Crippen molar-refractivity contribution in [2.24, 2.45) is 0 Å². The van der Waals surface area contributed by atoms with Crippen LogP contribution in [0, 0.1) is 0 Å². The topological polar surface area (TPSA) is 6.48 Å². The van der Waals surface area contributed by atoms with Gasteiger partial charge in [0, 0.05) is 12.1 Å². The lowest BCUT2D eigenvalue weighted by Crippen LogP contribution is -2.50. The van der Waals surface area contributed by atoms with Gasteiger partial charge in [0.2, 0.25) is 0 Å². The maximum Gasteiger partial charge on any atom is 0.0248 e. The molecule has 0 aromatic rings. The largest absolute Gasteiger partial charge is 0.300 e. The van der Waals surface area contributed by atoms with Crippen molar-refractivity contribution < 1.29 is 0 Å². The minimum Gasteiger partial charge on any atom is -0.300 e. The van der Waals surface area contributed by atoms with Gasteiger partial charge in [-0.25, -0.2) is 0 Å². The number of hydrogen-bond donors (Lipinski definition) is 0. The molecule has 0 amide bonds. The zero-order valence-electron chi connectivity index (χ0n) is 12.3. The molecule has 0 radical (unpaired) electrons. The van der Waals surface area contributed by atoms with Crippen LogP contribution in [-0.4, -0.2) is 48.1 Å². The van der Waals surface area contributed by atoms with E-state index in [0.29, 0.717) is 6.04 Å². The van der Waals surface area contributed by atoms with Crippen molar-refractivity contribution in [2.75, 3.05) is 26.2 Å². The lowest BCUT2D eigenvalue weighted by atomic mass is 10.0. The highest BCUT2D eigenvalue weighted by atomic mass is 15.2. The maximum atomic E-state index is 2.62. The second-order valence-corrected chi connectivity index (χ2v) is 4.54. The Morgan fingerprint density at radius 3 is 1.50 bits per heavy atom. The van der Waals surface area contributed by atoms with E-state index in [1.807, 2.05) is 0 Å². The van der Waals surface area contributed by atoms with Crippen molar-refractivity contribution in [3.8, 4) is 0 Å². The molecule has 0 aliphatic rings. The first-order chi connectivity index (χ1) is 7.65. The van der Waals surface area contributed by atoms with Crippen molar-refractivity contribution in [3.05, 3.63) is 0 Å². The summed E-state index contributed by atoms with van der Waals surface area (Å²) < 4.78 is 0. The van der Waals surface area contributed by atoms with Gasteiger partial charge in [-0.05, 0) is 39.5 Å². The van der Waals surface area contributed by atoms with E-state index in [2.05, 4.69) is 51.3 Å². The van der Waals surface area contributed by atoms with E-state index < -0.39 is 0 Å². The zero-order valence-corrected chi connectivity index (χ0v) is 12.3. The quantitative estimate of drug-likeness (QED) is 0.598. The molecule has 0 bridgehead atoms. The van der Waals surface area contributed by atoms with Crippen molar-refractivity contribution in [1.29, 1.82) is 0 Å². The van der Waals surface area contributed by atoms with E-state index >= 15 is 0 Å². The highest BCUT2D eigenvalue weighted by Gasteiger charge is 2.24. The molecular weight excluding hydrogens is 196 g/mol. The molecule has 0 rings (SSSR count). The molecule has 2 atom stereocenters. The van der Waals surface area contributed by atoms with Crippen LogP contribution in [0.2, 0.25) is 0 Å². The monoisotopic (exact) mass is 228 g/mol. The average molecular weight is 228 g/mol. The van der Waals surface area contributed by atoms with E-state index in [1.165, 1.54) is 39.0 Å². The third kappa shape index (κ3) is 4.42. The molecule has 2 unspecified atom stereocenters. The molecule has 0 spiro atoms. The van der Waals surface area contributed by atoms with E-state index in [9.17, 15) is 0 Å². The summed E-state index contributed by atoms with van der Waals surface area (Å²) in [5.41, 5.74) is 0. The van der Waals surface area contributed by atoms with Gasteiger partial charge >= 0.3 is 0 Å². The van der Waals surface area contributed by atoms with Crippen LogP contribution in [0.15, 0.2) is 0 Å². The summed E-state index contributed by atoms with van der Waals surface area (Å²) in [7, 11) is 0. The summed E-state index contributed by atoms with van der Waals surface area (Å²) in [4.78, 5) is 5.20. The molecular formula is C14H32N2. The maximum absolute atomic E-state index is 2.62. The molecule has 0 aliphatic carbocycles. The Morgan fingerprint density at radius 1 is 0.750 bits per heavy atom. The van der Waals surface area contributed by atoms with Crippen LogP contribution in [0.25, 0.3) is 0 Å². The number of likely N-dealkylation sites (N-methyl/N-ethyl adjacent to an activating group) is 2. The van der Waals surface area contributed by atoms with Gasteiger partial charge in [0.1, 0.15) is 0 Å². The van der Waals surface area contributed by atoms with Crippen molar-refractivity contribution in [3.63, 3.8) is 0 Å². The van der Waals surface area contributed by atoms with Crippen LogP contribution in [-0.2, 0) is 0 Å². The minimum atomic E-state index is 0.676. The van der Waals surface area contributed by atoms with Gasteiger partial charge in [-0.2, -0.15) is 0 Å². The van der Waals surface area contributed by atoms with Crippen molar-refractivity contribution >= 4 is 0 Å². The smallest absolute Gasteiger partial charge is 0.0248 e. The molecule has 2 heteroatoms. The SMILES string of the molecule is CCCC(C(C)N(CC)CC)N(CC)CC. The molecule has 0 aromatic carbocycles. The molecule has 0 aliphatic heterocycles. The predicted octanol–water partition coefficient (Wildman–Crippen LogP) is 3.23. The van der Waals surface area contributed by atoms with Crippen LogP contribution < -0.4 is 0 Å². The molecule has 0 saturated carbocycles. The lowest BCUT2D eigenvalue weighted by molar-refractivity contribution is 0.0935. The van der Waals surface area contributed by atoms with Crippen LogP contribution in [0.3, 0.4) is 0 Å². The Morgan fingerprint density at radius 2 is 1.19 bits per heavy atom. The molecule has 0 saturated heterocycles. The fourth-order valence-corrected chi connectivity index (χ4v) is 2.76. The first kappa shape index (κ1) is 15.9. The Bertz CT molecular complexity index is 151.